The van der Waals surface area contributed by atoms with Crippen LogP contribution >= 0.6 is 0 Å². The second-order valence-electron chi connectivity index (χ2n) is 6.81. The maximum Gasteiger partial charge on any atom is 0.416 e. The number of nitrogens with zero attached hydrogens (tertiary/aromatic N) is 1. The second kappa shape index (κ2) is 8.17. The summed E-state index contributed by atoms with van der Waals surface area (Å²) < 4.78 is 84.1. The average Bonchev–Trinajstić information content (AvgIpc) is 3.12. The number of carbonyl (C=O) groups excluding carboxylic acids is 2. The number of aromatic amines is 1. The Balaban J connectivity index is 1.95. The Morgan fingerprint density at radius 1 is 1.09 bits per heavy atom. The van der Waals surface area contributed by atoms with Crippen LogP contribution in [0.15, 0.2) is 36.4 Å². The molecule has 1 aromatic carbocycles. The Labute approximate surface area is 176 Å². The molecule has 0 radical (unpaired) electrons. The third-order valence-corrected chi connectivity index (χ3v) is 4.60. The lowest BCUT2D eigenvalue weighted by Crippen LogP contribution is -2.38. The van der Waals surface area contributed by atoms with Gasteiger partial charge in [-0.3, -0.25) is 4.79 Å². The number of nitrogens with one attached hydrogen (secondary N) is 2. The largest absolute Gasteiger partial charge is 0.465 e. The Morgan fingerprint density at radius 3 is 2.38 bits per heavy atom. The lowest BCUT2D eigenvalue weighted by atomic mass is 10.0. The van der Waals surface area contributed by atoms with E-state index in [2.05, 4.69) is 14.7 Å². The number of hydrogen-bond acceptors (Lipinski definition) is 4. The van der Waals surface area contributed by atoms with Crippen molar-refractivity contribution in [2.24, 2.45) is 0 Å². The van der Waals surface area contributed by atoms with E-state index in [4.69, 9.17) is 0 Å². The Morgan fingerprint density at radius 2 is 1.78 bits per heavy atom. The fourth-order valence-electron chi connectivity index (χ4n) is 3.05. The third-order valence-electron chi connectivity index (χ3n) is 4.60. The first-order valence-corrected chi connectivity index (χ1v) is 8.94. The highest BCUT2D eigenvalue weighted by molar-refractivity contribution is 6.00. The molecule has 0 spiro atoms. The van der Waals surface area contributed by atoms with E-state index in [1.807, 2.05) is 0 Å². The minimum absolute atomic E-state index is 0.100. The first-order valence-electron chi connectivity index (χ1n) is 8.94. The number of pyridine rings is 1. The van der Waals surface area contributed by atoms with E-state index < -0.39 is 41.4 Å². The topological polar surface area (TPSA) is 84.1 Å². The molecule has 0 bridgehead atoms. The molecule has 2 heterocycles. The highest BCUT2D eigenvalue weighted by Gasteiger charge is 2.43. The van der Waals surface area contributed by atoms with Crippen LogP contribution in [0, 0.1) is 6.92 Å². The van der Waals surface area contributed by atoms with Crippen LogP contribution < -0.4 is 5.32 Å². The quantitative estimate of drug-likeness (QED) is 0.437. The van der Waals surface area contributed by atoms with E-state index in [-0.39, 0.29) is 28.0 Å². The number of amides is 1. The summed E-state index contributed by atoms with van der Waals surface area (Å²) in [4.78, 5) is 30.9. The summed E-state index contributed by atoms with van der Waals surface area (Å²) >= 11 is 0. The predicted octanol–water partition coefficient (Wildman–Crippen LogP) is 4.71. The summed E-state index contributed by atoms with van der Waals surface area (Å²) in [7, 11) is 1.16. The van der Waals surface area contributed by atoms with Gasteiger partial charge in [0, 0.05) is 5.39 Å². The zero-order chi connectivity index (χ0) is 23.8. The lowest BCUT2D eigenvalue weighted by molar-refractivity contribution is -0.156. The number of aryl methyl sites for hydroxylation is 1. The van der Waals surface area contributed by atoms with Gasteiger partial charge in [-0.2, -0.15) is 26.3 Å². The first kappa shape index (κ1) is 23.1. The fraction of sp³-hybridized carbons (Fsp3) is 0.250. The fourth-order valence-corrected chi connectivity index (χ4v) is 3.05. The highest BCUT2D eigenvalue weighted by Crippen LogP contribution is 2.36. The van der Waals surface area contributed by atoms with Crippen LogP contribution in [0.1, 0.15) is 43.7 Å². The molecule has 0 saturated heterocycles. The number of alkyl halides is 6. The van der Waals surface area contributed by atoms with Crippen LogP contribution in [0.3, 0.4) is 0 Å². The van der Waals surface area contributed by atoms with E-state index >= 15 is 0 Å². The summed E-state index contributed by atoms with van der Waals surface area (Å²) in [5.41, 5.74) is -1.89. The molecule has 1 atom stereocenters. The number of hydrogen-bond donors (Lipinski definition) is 2. The number of H-pyrrole nitrogens is 1. The van der Waals surface area contributed by atoms with Crippen LogP contribution in [0.4, 0.5) is 26.3 Å². The number of halogens is 6. The predicted molar refractivity (Wildman–Crippen MR) is 99.9 cm³/mol. The molecule has 12 heteroatoms. The van der Waals surface area contributed by atoms with Crippen LogP contribution in [0.5, 0.6) is 0 Å². The summed E-state index contributed by atoms with van der Waals surface area (Å²) in [5, 5.41) is 1.96. The number of carbonyl (C=O) groups is 2. The van der Waals surface area contributed by atoms with Gasteiger partial charge in [-0.05, 0) is 36.8 Å². The van der Waals surface area contributed by atoms with E-state index in [1.54, 1.807) is 5.32 Å². The van der Waals surface area contributed by atoms with Gasteiger partial charge in [-0.15, -0.1) is 0 Å². The molecule has 3 rings (SSSR count). The van der Waals surface area contributed by atoms with Crippen molar-refractivity contribution in [3.05, 3.63) is 64.5 Å². The van der Waals surface area contributed by atoms with Crippen molar-refractivity contribution in [1.82, 2.24) is 15.3 Å². The van der Waals surface area contributed by atoms with Gasteiger partial charge >= 0.3 is 18.3 Å². The Kier molecular flexibility index (Phi) is 5.90. The standard InChI is InChI=1S/C20H15F6N3O3/c1-9-13(18(31)32-2)7-11-8-14(28-16(11)27-9)17(30)29-15(20(24,25)26)10-4-3-5-12(6-10)19(21,22)23/h3-8,15H,1-2H3,(H,27,28)(H,29,30). The molecule has 1 amide bonds. The highest BCUT2D eigenvalue weighted by atomic mass is 19.4. The van der Waals surface area contributed by atoms with Crippen LogP contribution in [0.2, 0.25) is 0 Å². The van der Waals surface area contributed by atoms with Gasteiger partial charge in [0.1, 0.15) is 11.3 Å². The van der Waals surface area contributed by atoms with E-state index in [9.17, 15) is 35.9 Å². The molecule has 170 valence electrons. The summed E-state index contributed by atoms with van der Waals surface area (Å²) in [6.45, 7) is 1.50. The van der Waals surface area contributed by atoms with Crippen LogP contribution in [0.25, 0.3) is 11.0 Å². The van der Waals surface area contributed by atoms with Gasteiger partial charge in [0.2, 0.25) is 0 Å². The summed E-state index contributed by atoms with van der Waals surface area (Å²) in [6, 6.07) is 2.46. The monoisotopic (exact) mass is 459 g/mol. The van der Waals surface area contributed by atoms with Crippen LogP contribution in [-0.2, 0) is 10.9 Å². The normalized spacial score (nSPS) is 13.1. The molecule has 6 nitrogen and oxygen atoms in total. The zero-order valence-corrected chi connectivity index (χ0v) is 16.5. The summed E-state index contributed by atoms with van der Waals surface area (Å²) in [5.74, 6) is -1.91. The smallest absolute Gasteiger partial charge is 0.416 e. The van der Waals surface area contributed by atoms with Crippen molar-refractivity contribution in [3.8, 4) is 0 Å². The van der Waals surface area contributed by atoms with E-state index in [1.165, 1.54) is 19.1 Å². The average molecular weight is 459 g/mol. The van der Waals surface area contributed by atoms with Gasteiger partial charge in [0.25, 0.3) is 5.91 Å². The van der Waals surface area contributed by atoms with Crippen molar-refractivity contribution in [2.45, 2.75) is 25.3 Å². The maximum absolute atomic E-state index is 13.6. The second-order valence-corrected chi connectivity index (χ2v) is 6.81. The Bertz CT molecular complexity index is 1180. The van der Waals surface area contributed by atoms with Crippen molar-refractivity contribution < 1.29 is 40.7 Å². The first-order chi connectivity index (χ1) is 14.8. The minimum Gasteiger partial charge on any atom is -0.465 e. The molecule has 0 saturated carbocycles. The van der Waals surface area contributed by atoms with Crippen molar-refractivity contribution in [1.29, 1.82) is 0 Å². The van der Waals surface area contributed by atoms with Crippen LogP contribution in [-0.4, -0.2) is 35.1 Å². The molecule has 1 unspecified atom stereocenters. The molecule has 2 N–H and O–H groups in total. The number of esters is 1. The molecule has 0 fully saturated rings. The maximum atomic E-state index is 13.6. The van der Waals surface area contributed by atoms with Crippen molar-refractivity contribution in [3.63, 3.8) is 0 Å². The van der Waals surface area contributed by atoms with Gasteiger partial charge < -0.3 is 15.0 Å². The molecule has 32 heavy (non-hydrogen) atoms. The van der Waals surface area contributed by atoms with Gasteiger partial charge in [0.15, 0.2) is 6.04 Å². The number of aromatic nitrogens is 2. The molecular weight excluding hydrogens is 444 g/mol. The van der Waals surface area contributed by atoms with Gasteiger partial charge in [-0.25, -0.2) is 9.78 Å². The molecule has 2 aromatic heterocycles. The van der Waals surface area contributed by atoms with Crippen molar-refractivity contribution >= 4 is 22.9 Å². The molecule has 0 aliphatic heterocycles. The Hall–Kier alpha value is -3.57. The summed E-state index contributed by atoms with van der Waals surface area (Å²) in [6.07, 6.45) is -9.92. The molecule has 3 aromatic rings. The number of rotatable bonds is 4. The minimum atomic E-state index is -5.07. The SMILES string of the molecule is COC(=O)c1cc2cc(C(=O)NC(c3cccc(C(F)(F)F)c3)C(F)(F)F)[nH]c2nc1C. The molecule has 0 aliphatic rings. The number of methoxy groups -OCH3 is 1. The van der Waals surface area contributed by atoms with E-state index in [0.29, 0.717) is 12.1 Å². The van der Waals surface area contributed by atoms with Crippen molar-refractivity contribution in [2.75, 3.05) is 7.11 Å². The lowest BCUT2D eigenvalue weighted by Gasteiger charge is -2.22. The molecular formula is C20H15F6N3O3. The number of benzene rings is 1. The number of ether oxygens (including phenoxy) is 1. The van der Waals surface area contributed by atoms with E-state index in [0.717, 1.165) is 19.2 Å². The van der Waals surface area contributed by atoms with Gasteiger partial charge in [0.05, 0.1) is 23.9 Å². The third kappa shape index (κ3) is 4.68. The van der Waals surface area contributed by atoms with Gasteiger partial charge in [-0.1, -0.05) is 12.1 Å². The number of fused-ring (bicyclic) bond motifs is 1. The molecule has 0 aliphatic carbocycles. The zero-order valence-electron chi connectivity index (χ0n) is 16.5.